The number of aliphatic hydroxyl groups is 1. The lowest BCUT2D eigenvalue weighted by molar-refractivity contribution is -0.124. The number of nitrogens with zero attached hydrogens (tertiary/aromatic N) is 2. The summed E-state index contributed by atoms with van der Waals surface area (Å²) in [6.45, 7) is 0.547. The molecule has 3 atom stereocenters. The number of hydrogen-bond acceptors (Lipinski definition) is 5. The van der Waals surface area contributed by atoms with Crippen molar-refractivity contribution >= 4 is 15.8 Å². The molecule has 0 unspecified atom stereocenters. The largest absolute Gasteiger partial charge is 0.390 e. The second kappa shape index (κ2) is 5.47. The molecule has 0 aromatic heterocycles. The average Bonchev–Trinajstić information content (AvgIpc) is 2.52. The van der Waals surface area contributed by atoms with Crippen LogP contribution in [0.3, 0.4) is 0 Å². The van der Waals surface area contributed by atoms with Crippen LogP contribution in [-0.4, -0.2) is 73.1 Å². The number of Topliss-reactive ketones (excluding diaryl/α,β-unsaturated/α-hetero) is 1. The van der Waals surface area contributed by atoms with E-state index in [-0.39, 0.29) is 18.6 Å². The normalized spacial score (nSPS) is 30.0. The minimum absolute atomic E-state index is 0.0999. The van der Waals surface area contributed by atoms with Gasteiger partial charge in [0.2, 0.25) is 10.0 Å². The maximum Gasteiger partial charge on any atom is 0.211 e. The van der Waals surface area contributed by atoms with Crippen LogP contribution in [0.5, 0.6) is 0 Å². The summed E-state index contributed by atoms with van der Waals surface area (Å²) < 4.78 is 23.8. The topological polar surface area (TPSA) is 77.9 Å². The Morgan fingerprint density at radius 2 is 1.89 bits per heavy atom. The van der Waals surface area contributed by atoms with Gasteiger partial charge in [0.05, 0.1) is 12.4 Å². The second-order valence-electron chi connectivity index (χ2n) is 5.73. The summed E-state index contributed by atoms with van der Waals surface area (Å²) in [5, 5.41) is 10.0. The van der Waals surface area contributed by atoms with E-state index in [1.807, 2.05) is 0 Å². The summed E-state index contributed by atoms with van der Waals surface area (Å²) in [4.78, 5) is 13.7. The average molecular weight is 290 g/mol. The van der Waals surface area contributed by atoms with Crippen molar-refractivity contribution in [2.24, 2.45) is 0 Å². The molecule has 0 amide bonds. The van der Waals surface area contributed by atoms with E-state index in [9.17, 15) is 18.3 Å². The Morgan fingerprint density at radius 3 is 2.37 bits per heavy atom. The zero-order valence-corrected chi connectivity index (χ0v) is 12.3. The summed E-state index contributed by atoms with van der Waals surface area (Å²) in [5.41, 5.74) is 0. The van der Waals surface area contributed by atoms with Gasteiger partial charge in [-0.25, -0.2) is 12.7 Å². The molecule has 1 N–H and O–H groups in total. The van der Waals surface area contributed by atoms with Crippen LogP contribution in [0.4, 0.5) is 0 Å². The number of fused-ring (bicyclic) bond motifs is 2. The molecule has 2 heterocycles. The smallest absolute Gasteiger partial charge is 0.211 e. The summed E-state index contributed by atoms with van der Waals surface area (Å²) in [5.74, 6) is 0.312. The highest BCUT2D eigenvalue weighted by Crippen LogP contribution is 2.33. The fourth-order valence-corrected chi connectivity index (χ4v) is 3.54. The van der Waals surface area contributed by atoms with Gasteiger partial charge in [0.25, 0.3) is 0 Å². The van der Waals surface area contributed by atoms with E-state index in [1.165, 1.54) is 7.05 Å². The predicted octanol–water partition coefficient (Wildman–Crippen LogP) is -0.565. The third-order valence-corrected chi connectivity index (χ3v) is 5.43. The first-order valence-corrected chi connectivity index (χ1v) is 8.49. The zero-order valence-electron chi connectivity index (χ0n) is 11.4. The van der Waals surface area contributed by atoms with E-state index in [0.29, 0.717) is 25.2 Å². The lowest BCUT2D eigenvalue weighted by Crippen LogP contribution is -2.48. The van der Waals surface area contributed by atoms with Crippen molar-refractivity contribution in [2.75, 3.05) is 26.4 Å². The number of carbonyl (C=O) groups excluding carboxylic acids is 1. The van der Waals surface area contributed by atoms with Crippen molar-refractivity contribution in [3.8, 4) is 0 Å². The van der Waals surface area contributed by atoms with Crippen LogP contribution in [0.15, 0.2) is 0 Å². The van der Waals surface area contributed by atoms with Crippen LogP contribution < -0.4 is 0 Å². The van der Waals surface area contributed by atoms with E-state index in [2.05, 4.69) is 4.90 Å². The highest BCUT2D eigenvalue weighted by molar-refractivity contribution is 7.88. The number of rotatable bonds is 5. The van der Waals surface area contributed by atoms with Gasteiger partial charge in [-0.3, -0.25) is 9.69 Å². The quantitative estimate of drug-likeness (QED) is 0.734. The SMILES string of the molecule is CN(C[C@H](O)CN1[C@@H]2CC[C@@H]1CC(=O)C2)S(C)(=O)=O. The van der Waals surface area contributed by atoms with Crippen LogP contribution >= 0.6 is 0 Å². The molecule has 0 radical (unpaired) electrons. The minimum atomic E-state index is -3.26. The number of ketones is 1. The first-order chi connectivity index (χ1) is 8.77. The van der Waals surface area contributed by atoms with Crippen molar-refractivity contribution < 1.29 is 18.3 Å². The van der Waals surface area contributed by atoms with E-state index >= 15 is 0 Å². The summed E-state index contributed by atoms with van der Waals surface area (Å²) in [6, 6.07) is 0.480. The summed E-state index contributed by atoms with van der Waals surface area (Å²) >= 11 is 0. The Labute approximate surface area is 114 Å². The molecule has 2 aliphatic rings. The van der Waals surface area contributed by atoms with Crippen molar-refractivity contribution in [3.63, 3.8) is 0 Å². The number of sulfonamides is 1. The van der Waals surface area contributed by atoms with E-state index in [4.69, 9.17) is 0 Å². The number of hydrogen-bond donors (Lipinski definition) is 1. The molecule has 19 heavy (non-hydrogen) atoms. The fraction of sp³-hybridized carbons (Fsp3) is 0.917. The van der Waals surface area contributed by atoms with Gasteiger partial charge in [0, 0.05) is 45.1 Å². The highest BCUT2D eigenvalue weighted by atomic mass is 32.2. The van der Waals surface area contributed by atoms with Crippen LogP contribution in [0.25, 0.3) is 0 Å². The predicted molar refractivity (Wildman–Crippen MR) is 71.2 cm³/mol. The molecule has 110 valence electrons. The Kier molecular flexibility index (Phi) is 4.29. The lowest BCUT2D eigenvalue weighted by Gasteiger charge is -2.35. The van der Waals surface area contributed by atoms with Crippen LogP contribution in [0, 0.1) is 0 Å². The molecule has 0 saturated carbocycles. The first kappa shape index (κ1) is 14.9. The zero-order chi connectivity index (χ0) is 14.2. The van der Waals surface area contributed by atoms with Gasteiger partial charge in [-0.1, -0.05) is 0 Å². The molecule has 2 aliphatic heterocycles. The van der Waals surface area contributed by atoms with Gasteiger partial charge < -0.3 is 5.11 Å². The molecule has 7 heteroatoms. The molecule has 0 aromatic rings. The van der Waals surface area contributed by atoms with E-state index < -0.39 is 16.1 Å². The van der Waals surface area contributed by atoms with Crippen LogP contribution in [0.2, 0.25) is 0 Å². The monoisotopic (exact) mass is 290 g/mol. The van der Waals surface area contributed by atoms with Gasteiger partial charge >= 0.3 is 0 Å². The highest BCUT2D eigenvalue weighted by Gasteiger charge is 2.40. The molecule has 2 bridgehead atoms. The van der Waals surface area contributed by atoms with Crippen LogP contribution in [-0.2, 0) is 14.8 Å². The Hall–Kier alpha value is -0.500. The standard InChI is InChI=1S/C12H22N2O4S/c1-13(19(2,17)18)7-12(16)8-14-9-3-4-10(14)6-11(15)5-9/h9-10,12,16H,3-8H2,1-2H3/t9-,10-,12+/m1/s1. The molecule has 0 aromatic carbocycles. The van der Waals surface area contributed by atoms with Gasteiger partial charge in [-0.2, -0.15) is 0 Å². The van der Waals surface area contributed by atoms with Gasteiger partial charge in [-0.05, 0) is 12.8 Å². The number of piperidine rings is 1. The minimum Gasteiger partial charge on any atom is -0.390 e. The molecule has 2 saturated heterocycles. The van der Waals surface area contributed by atoms with Gasteiger partial charge in [0.15, 0.2) is 0 Å². The third-order valence-electron chi connectivity index (χ3n) is 4.15. The van der Waals surface area contributed by atoms with Crippen molar-refractivity contribution in [1.82, 2.24) is 9.21 Å². The number of aliphatic hydroxyl groups excluding tert-OH is 1. The molecule has 2 rings (SSSR count). The third kappa shape index (κ3) is 3.53. The molecule has 2 fully saturated rings. The second-order valence-corrected chi connectivity index (χ2v) is 7.82. The molecule has 6 nitrogen and oxygen atoms in total. The van der Waals surface area contributed by atoms with Gasteiger partial charge in [0.1, 0.15) is 5.78 Å². The van der Waals surface area contributed by atoms with Crippen LogP contribution in [0.1, 0.15) is 25.7 Å². The number of likely N-dealkylation sites (N-methyl/N-ethyl adjacent to an activating group) is 1. The Morgan fingerprint density at radius 1 is 1.37 bits per heavy atom. The maximum absolute atomic E-state index is 11.5. The molecular formula is C12H22N2O4S. The molecule has 0 spiro atoms. The van der Waals surface area contributed by atoms with Crippen molar-refractivity contribution in [2.45, 2.75) is 43.9 Å². The fourth-order valence-electron chi connectivity index (χ4n) is 3.09. The molecule has 0 aliphatic carbocycles. The van der Waals surface area contributed by atoms with Gasteiger partial charge in [-0.15, -0.1) is 0 Å². The van der Waals surface area contributed by atoms with E-state index in [0.717, 1.165) is 23.4 Å². The Balaban J connectivity index is 1.90. The summed E-state index contributed by atoms with van der Waals surface area (Å²) in [6.07, 6.45) is 3.58. The first-order valence-electron chi connectivity index (χ1n) is 6.64. The maximum atomic E-state index is 11.5. The summed E-state index contributed by atoms with van der Waals surface area (Å²) in [7, 11) is -1.79. The van der Waals surface area contributed by atoms with Crippen molar-refractivity contribution in [3.05, 3.63) is 0 Å². The number of carbonyl (C=O) groups is 1. The lowest BCUT2D eigenvalue weighted by atomic mass is 10.0. The molecular weight excluding hydrogens is 268 g/mol. The van der Waals surface area contributed by atoms with E-state index in [1.54, 1.807) is 0 Å². The van der Waals surface area contributed by atoms with Crippen molar-refractivity contribution in [1.29, 1.82) is 0 Å². The Bertz CT molecular complexity index is 435.